The van der Waals surface area contributed by atoms with Gasteiger partial charge < -0.3 is 10.6 Å². The minimum absolute atomic E-state index is 0.195. The molecule has 4 nitrogen and oxygen atoms in total. The second-order valence-corrected chi connectivity index (χ2v) is 16.5. The maximum Gasteiger partial charge on any atom is 0.0130 e. The third kappa shape index (κ3) is 15.3. The van der Waals surface area contributed by atoms with Crippen LogP contribution in [-0.2, 0) is 0 Å². The normalized spacial score (nSPS) is 14.8. The molecule has 0 aliphatic heterocycles. The third-order valence-corrected chi connectivity index (χ3v) is 7.42. The summed E-state index contributed by atoms with van der Waals surface area (Å²) in [5, 5.41) is 7.66. The highest BCUT2D eigenvalue weighted by molar-refractivity contribution is 4.89. The molecule has 218 valence electrons. The largest absolute Gasteiger partial charge is 0.312 e. The third-order valence-electron chi connectivity index (χ3n) is 7.42. The summed E-state index contributed by atoms with van der Waals surface area (Å²) in [6.45, 7) is 42.0. The van der Waals surface area contributed by atoms with Crippen molar-refractivity contribution in [1.29, 1.82) is 0 Å². The smallest absolute Gasteiger partial charge is 0.0130 e. The molecule has 0 aliphatic carbocycles. The van der Waals surface area contributed by atoms with E-state index in [4.69, 9.17) is 0 Å². The van der Waals surface area contributed by atoms with Crippen molar-refractivity contribution in [3.05, 3.63) is 0 Å². The Labute approximate surface area is 229 Å². The zero-order valence-electron chi connectivity index (χ0n) is 28.0. The molecule has 0 bridgehead atoms. The van der Waals surface area contributed by atoms with Gasteiger partial charge in [0.2, 0.25) is 0 Å². The van der Waals surface area contributed by atoms with Gasteiger partial charge in [-0.15, -0.1) is 0 Å². The molecule has 0 fully saturated rings. The molecule has 0 aromatic carbocycles. The van der Waals surface area contributed by atoms with Gasteiger partial charge in [0.15, 0.2) is 0 Å². The van der Waals surface area contributed by atoms with E-state index in [2.05, 4.69) is 131 Å². The molecule has 0 saturated carbocycles. The van der Waals surface area contributed by atoms with Crippen molar-refractivity contribution in [3.63, 3.8) is 0 Å². The fourth-order valence-corrected chi connectivity index (χ4v) is 5.99. The van der Waals surface area contributed by atoms with Crippen LogP contribution in [0, 0.1) is 0 Å². The van der Waals surface area contributed by atoms with Gasteiger partial charge in [-0.2, -0.15) is 0 Å². The lowest BCUT2D eigenvalue weighted by Crippen LogP contribution is -2.53. The van der Waals surface area contributed by atoms with Crippen LogP contribution >= 0.6 is 0 Å². The van der Waals surface area contributed by atoms with Crippen molar-refractivity contribution < 1.29 is 0 Å². The van der Waals surface area contributed by atoms with Crippen LogP contribution in [0.15, 0.2) is 0 Å². The van der Waals surface area contributed by atoms with Gasteiger partial charge in [0.25, 0.3) is 0 Å². The summed E-state index contributed by atoms with van der Waals surface area (Å²) in [4.78, 5) is 5.29. The summed E-state index contributed by atoms with van der Waals surface area (Å²) in [5.74, 6) is 0. The molecule has 0 spiro atoms. The van der Waals surface area contributed by atoms with E-state index in [-0.39, 0.29) is 33.2 Å². The summed E-state index contributed by atoms with van der Waals surface area (Å²) in [7, 11) is 0. The van der Waals surface area contributed by atoms with Crippen molar-refractivity contribution in [1.82, 2.24) is 20.4 Å². The number of unbranched alkanes of at least 4 members (excludes halogenated alkanes) is 1. The van der Waals surface area contributed by atoms with E-state index in [1.54, 1.807) is 0 Å². The van der Waals surface area contributed by atoms with Crippen LogP contribution in [0.2, 0.25) is 0 Å². The summed E-state index contributed by atoms with van der Waals surface area (Å²) in [5.41, 5.74) is 1.20. The second kappa shape index (κ2) is 13.8. The maximum absolute atomic E-state index is 3.83. The van der Waals surface area contributed by atoms with Crippen LogP contribution in [0.3, 0.4) is 0 Å². The Morgan fingerprint density at radius 3 is 0.861 bits per heavy atom. The quantitative estimate of drug-likeness (QED) is 0.219. The van der Waals surface area contributed by atoms with Gasteiger partial charge in [0.1, 0.15) is 0 Å². The molecule has 2 N–H and O–H groups in total. The predicted molar refractivity (Wildman–Crippen MR) is 164 cm³/mol. The minimum Gasteiger partial charge on any atom is -0.312 e. The zero-order valence-corrected chi connectivity index (χ0v) is 28.0. The summed E-state index contributed by atoms with van der Waals surface area (Å²) in [6, 6.07) is 0. The molecule has 0 aromatic heterocycles. The Balaban J connectivity index is 4.29. The van der Waals surface area contributed by atoms with Crippen LogP contribution in [0.4, 0.5) is 0 Å². The first-order chi connectivity index (χ1) is 15.9. The Kier molecular flexibility index (Phi) is 13.7. The van der Waals surface area contributed by atoms with E-state index in [1.165, 1.54) is 38.5 Å². The van der Waals surface area contributed by atoms with Gasteiger partial charge in [-0.1, -0.05) is 0 Å². The van der Waals surface area contributed by atoms with E-state index in [1.807, 2.05) is 0 Å². The molecule has 0 saturated heterocycles. The number of hydrogen-bond acceptors (Lipinski definition) is 4. The highest BCUT2D eigenvalue weighted by Gasteiger charge is 2.32. The Bertz CT molecular complexity index is 512. The molecule has 4 heteroatoms. The molecular formula is C32H70N4. The number of nitrogens with zero attached hydrogens (tertiary/aromatic N) is 2. The van der Waals surface area contributed by atoms with E-state index in [0.29, 0.717) is 0 Å². The molecule has 0 rings (SSSR count). The lowest BCUT2D eigenvalue weighted by molar-refractivity contribution is 0.0346. The monoisotopic (exact) mass is 511 g/mol. The van der Waals surface area contributed by atoms with Gasteiger partial charge in [0.05, 0.1) is 0 Å². The summed E-state index contributed by atoms with van der Waals surface area (Å²) >= 11 is 0. The van der Waals surface area contributed by atoms with Crippen molar-refractivity contribution in [2.75, 3.05) is 26.2 Å². The van der Waals surface area contributed by atoms with E-state index in [0.717, 1.165) is 26.2 Å². The Morgan fingerprint density at radius 1 is 0.389 bits per heavy atom. The van der Waals surface area contributed by atoms with Crippen LogP contribution in [0.5, 0.6) is 0 Å². The number of rotatable bonds is 15. The highest BCUT2D eigenvalue weighted by Crippen LogP contribution is 2.27. The van der Waals surface area contributed by atoms with Gasteiger partial charge in [0, 0.05) is 33.2 Å². The molecule has 0 atom stereocenters. The first kappa shape index (κ1) is 35.8. The standard InChI is InChI=1S/C32H70N4/c1-27(2,3)35(28(4,5)6)25-19-21-31(13,14)33-23-17-18-24-34-32(15,16)22-20-26-36(29(7,8)9)30(10,11)12/h33-34H,17-26H2,1-16H3. The fraction of sp³-hybridized carbons (Fsp3) is 1.00. The summed E-state index contributed by atoms with van der Waals surface area (Å²) in [6.07, 6.45) is 7.33. The lowest BCUT2D eigenvalue weighted by Gasteiger charge is -2.46. The average molecular weight is 511 g/mol. The van der Waals surface area contributed by atoms with Crippen LogP contribution in [-0.4, -0.2) is 69.2 Å². The summed E-state index contributed by atoms with van der Waals surface area (Å²) < 4.78 is 0. The SMILES string of the molecule is CC(C)(CCCN(C(C)(C)C)C(C)(C)C)NCCCCNC(C)(C)CCCN(C(C)(C)C)C(C)(C)C. The molecule has 0 aliphatic rings. The van der Waals surface area contributed by atoms with E-state index in [9.17, 15) is 0 Å². The van der Waals surface area contributed by atoms with Crippen molar-refractivity contribution in [2.24, 2.45) is 0 Å². The Morgan fingerprint density at radius 2 is 0.639 bits per heavy atom. The first-order valence-electron chi connectivity index (χ1n) is 14.9. The maximum atomic E-state index is 3.83. The Hall–Kier alpha value is -0.160. The number of nitrogens with one attached hydrogen (secondary N) is 2. The molecule has 0 radical (unpaired) electrons. The number of hydrogen-bond donors (Lipinski definition) is 2. The van der Waals surface area contributed by atoms with E-state index >= 15 is 0 Å². The molecular weight excluding hydrogens is 440 g/mol. The molecule has 36 heavy (non-hydrogen) atoms. The molecule has 0 amide bonds. The van der Waals surface area contributed by atoms with Gasteiger partial charge >= 0.3 is 0 Å². The van der Waals surface area contributed by atoms with Crippen LogP contribution < -0.4 is 10.6 Å². The van der Waals surface area contributed by atoms with Crippen LogP contribution in [0.1, 0.15) is 149 Å². The molecule has 0 heterocycles. The van der Waals surface area contributed by atoms with Crippen molar-refractivity contribution >= 4 is 0 Å². The van der Waals surface area contributed by atoms with Crippen molar-refractivity contribution in [3.8, 4) is 0 Å². The van der Waals surface area contributed by atoms with Crippen molar-refractivity contribution in [2.45, 2.75) is 183 Å². The topological polar surface area (TPSA) is 30.5 Å². The lowest BCUT2D eigenvalue weighted by atomic mass is 9.93. The predicted octanol–water partition coefficient (Wildman–Crippen LogP) is 7.86. The highest BCUT2D eigenvalue weighted by atomic mass is 15.2. The minimum atomic E-state index is 0.195. The molecule has 0 aromatic rings. The zero-order chi connectivity index (χ0) is 28.6. The van der Waals surface area contributed by atoms with Gasteiger partial charge in [-0.3, -0.25) is 9.80 Å². The molecule has 0 unspecified atom stereocenters. The average Bonchev–Trinajstić information content (AvgIpc) is 2.61. The first-order valence-corrected chi connectivity index (χ1v) is 14.9. The fourth-order valence-electron chi connectivity index (χ4n) is 5.99. The van der Waals surface area contributed by atoms with E-state index < -0.39 is 0 Å². The second-order valence-electron chi connectivity index (χ2n) is 16.5. The van der Waals surface area contributed by atoms with Crippen LogP contribution in [0.25, 0.3) is 0 Å². The van der Waals surface area contributed by atoms with Gasteiger partial charge in [-0.25, -0.2) is 0 Å². The van der Waals surface area contributed by atoms with Gasteiger partial charge in [-0.05, 0) is 175 Å².